The number of ether oxygens (including phenoxy) is 1. The fourth-order valence-electron chi connectivity index (χ4n) is 1.49. The first-order chi connectivity index (χ1) is 9.32. The van der Waals surface area contributed by atoms with Crippen LogP contribution in [0.1, 0.15) is 24.2 Å². The number of carbonyl (C=O) groups is 3. The van der Waals surface area contributed by atoms with E-state index in [0.29, 0.717) is 9.13 Å². The van der Waals surface area contributed by atoms with E-state index in [2.05, 4.69) is 0 Å². The van der Waals surface area contributed by atoms with Gasteiger partial charge in [0.05, 0.1) is 5.56 Å². The molecule has 3 N–H and O–H groups in total. The van der Waals surface area contributed by atoms with Crippen molar-refractivity contribution in [1.29, 1.82) is 0 Å². The Hall–Kier alpha value is -1.64. The van der Waals surface area contributed by atoms with Gasteiger partial charge in [0.15, 0.2) is 6.10 Å². The fraction of sp³-hybridized carbons (Fsp3) is 0.308. The molecule has 1 aromatic carbocycles. The van der Waals surface area contributed by atoms with Crippen molar-refractivity contribution < 1.29 is 19.1 Å². The maximum Gasteiger partial charge on any atom is 0.340 e. The summed E-state index contributed by atoms with van der Waals surface area (Å²) < 4.78 is 5.89. The average molecular weight is 390 g/mol. The maximum atomic E-state index is 12.0. The standard InChI is InChI=1S/C13H15IN2O4/c1-7(2)10(11(17)16-13(15)19)20-12(18)8-5-3-4-6-9(8)14/h3-7,10H,1-2H3,(H3,15,16,17,19). The molecular formula is C13H15IN2O4. The predicted octanol–water partition coefficient (Wildman–Crippen LogP) is 1.67. The third-order valence-corrected chi connectivity index (χ3v) is 3.38. The van der Waals surface area contributed by atoms with Crippen LogP contribution in [0.2, 0.25) is 0 Å². The van der Waals surface area contributed by atoms with Gasteiger partial charge in [-0.15, -0.1) is 0 Å². The van der Waals surface area contributed by atoms with Gasteiger partial charge in [0.25, 0.3) is 5.91 Å². The molecule has 0 aliphatic carbocycles. The number of imide groups is 1. The molecule has 6 nitrogen and oxygen atoms in total. The number of nitrogens with one attached hydrogen (secondary N) is 1. The van der Waals surface area contributed by atoms with Gasteiger partial charge < -0.3 is 10.5 Å². The molecule has 0 heterocycles. The Balaban J connectivity index is 2.86. The number of nitrogens with two attached hydrogens (primary N) is 1. The molecule has 0 saturated carbocycles. The summed E-state index contributed by atoms with van der Waals surface area (Å²) in [6.07, 6.45) is -1.08. The lowest BCUT2D eigenvalue weighted by atomic mass is 10.1. The summed E-state index contributed by atoms with van der Waals surface area (Å²) in [6.45, 7) is 3.41. The number of hydrogen-bond acceptors (Lipinski definition) is 4. The molecule has 108 valence electrons. The van der Waals surface area contributed by atoms with E-state index in [4.69, 9.17) is 10.5 Å². The van der Waals surface area contributed by atoms with E-state index < -0.39 is 24.0 Å². The number of esters is 1. The molecule has 3 amide bonds. The van der Waals surface area contributed by atoms with Crippen molar-refractivity contribution >= 4 is 40.5 Å². The van der Waals surface area contributed by atoms with E-state index in [9.17, 15) is 14.4 Å². The van der Waals surface area contributed by atoms with Crippen LogP contribution < -0.4 is 11.1 Å². The molecule has 0 aliphatic heterocycles. The lowest BCUT2D eigenvalue weighted by Gasteiger charge is -2.20. The Kier molecular flexibility index (Phi) is 5.93. The van der Waals surface area contributed by atoms with Crippen LogP contribution in [0.5, 0.6) is 0 Å². The van der Waals surface area contributed by atoms with Gasteiger partial charge in [0.1, 0.15) is 0 Å². The van der Waals surface area contributed by atoms with Gasteiger partial charge in [0.2, 0.25) is 0 Å². The minimum atomic E-state index is -1.08. The van der Waals surface area contributed by atoms with E-state index in [1.165, 1.54) is 0 Å². The number of rotatable bonds is 4. The summed E-state index contributed by atoms with van der Waals surface area (Å²) in [6, 6.07) is 5.87. The molecule has 0 aliphatic rings. The highest BCUT2D eigenvalue weighted by Gasteiger charge is 2.28. The molecule has 0 bridgehead atoms. The fourth-order valence-corrected chi connectivity index (χ4v) is 2.10. The van der Waals surface area contributed by atoms with Gasteiger partial charge in [-0.3, -0.25) is 10.1 Å². The minimum absolute atomic E-state index is 0.292. The lowest BCUT2D eigenvalue weighted by molar-refractivity contribution is -0.130. The van der Waals surface area contributed by atoms with Crippen molar-refractivity contribution in [3.8, 4) is 0 Å². The third-order valence-electron chi connectivity index (χ3n) is 2.44. The number of benzene rings is 1. The van der Waals surface area contributed by atoms with Crippen LogP contribution in [0.15, 0.2) is 24.3 Å². The Labute approximate surface area is 130 Å². The van der Waals surface area contributed by atoms with Crippen molar-refractivity contribution in [2.45, 2.75) is 20.0 Å². The van der Waals surface area contributed by atoms with Gasteiger partial charge in [-0.2, -0.15) is 0 Å². The van der Waals surface area contributed by atoms with Crippen molar-refractivity contribution in [2.75, 3.05) is 0 Å². The Morgan fingerprint density at radius 2 is 1.85 bits per heavy atom. The lowest BCUT2D eigenvalue weighted by Crippen LogP contribution is -2.45. The van der Waals surface area contributed by atoms with E-state index in [1.807, 2.05) is 27.9 Å². The molecule has 1 rings (SSSR count). The van der Waals surface area contributed by atoms with Crippen LogP contribution in [-0.4, -0.2) is 24.0 Å². The van der Waals surface area contributed by atoms with E-state index in [-0.39, 0.29) is 5.92 Å². The smallest absolute Gasteiger partial charge is 0.340 e. The number of amides is 3. The van der Waals surface area contributed by atoms with Crippen LogP contribution in [-0.2, 0) is 9.53 Å². The van der Waals surface area contributed by atoms with Crippen LogP contribution in [0.4, 0.5) is 4.79 Å². The number of carbonyl (C=O) groups excluding carboxylic acids is 3. The first-order valence-corrected chi connectivity index (χ1v) is 6.96. The number of primary amides is 1. The summed E-state index contributed by atoms with van der Waals surface area (Å²) in [5.41, 5.74) is 5.25. The second kappa shape index (κ2) is 7.22. The molecule has 1 aromatic rings. The Morgan fingerprint density at radius 3 is 2.35 bits per heavy atom. The van der Waals surface area contributed by atoms with Crippen LogP contribution in [0.25, 0.3) is 0 Å². The van der Waals surface area contributed by atoms with Gasteiger partial charge in [0, 0.05) is 3.57 Å². The zero-order valence-corrected chi connectivity index (χ0v) is 13.2. The average Bonchev–Trinajstić information content (AvgIpc) is 2.34. The van der Waals surface area contributed by atoms with Crippen molar-refractivity contribution in [3.05, 3.63) is 33.4 Å². The molecule has 0 radical (unpaired) electrons. The van der Waals surface area contributed by atoms with E-state index >= 15 is 0 Å². The van der Waals surface area contributed by atoms with Crippen LogP contribution in [0, 0.1) is 9.49 Å². The number of urea groups is 1. The van der Waals surface area contributed by atoms with Gasteiger partial charge >= 0.3 is 12.0 Å². The zero-order valence-electron chi connectivity index (χ0n) is 11.1. The van der Waals surface area contributed by atoms with E-state index in [1.54, 1.807) is 38.1 Å². The first kappa shape index (κ1) is 16.4. The quantitative estimate of drug-likeness (QED) is 0.604. The largest absolute Gasteiger partial charge is 0.448 e. The Morgan fingerprint density at radius 1 is 1.25 bits per heavy atom. The van der Waals surface area contributed by atoms with Gasteiger partial charge in [-0.25, -0.2) is 9.59 Å². The van der Waals surface area contributed by atoms with Crippen LogP contribution in [0.3, 0.4) is 0 Å². The number of hydrogen-bond donors (Lipinski definition) is 2. The molecule has 1 atom stereocenters. The summed E-state index contributed by atoms with van der Waals surface area (Å²) in [5, 5.41) is 1.92. The summed E-state index contributed by atoms with van der Waals surface area (Å²) >= 11 is 2.00. The van der Waals surface area contributed by atoms with Crippen molar-refractivity contribution in [2.24, 2.45) is 11.7 Å². The summed E-state index contributed by atoms with van der Waals surface area (Å²) in [7, 11) is 0. The first-order valence-electron chi connectivity index (χ1n) is 5.88. The van der Waals surface area contributed by atoms with Crippen molar-refractivity contribution in [1.82, 2.24) is 5.32 Å². The topological polar surface area (TPSA) is 98.5 Å². The highest BCUT2D eigenvalue weighted by molar-refractivity contribution is 14.1. The molecule has 0 saturated heterocycles. The molecule has 0 spiro atoms. The molecular weight excluding hydrogens is 375 g/mol. The summed E-state index contributed by atoms with van der Waals surface area (Å²) in [4.78, 5) is 34.5. The third kappa shape index (κ3) is 4.48. The normalized spacial score (nSPS) is 11.8. The second-order valence-electron chi connectivity index (χ2n) is 4.40. The number of halogens is 1. The molecule has 7 heteroatoms. The SMILES string of the molecule is CC(C)C(OC(=O)c1ccccc1I)C(=O)NC(N)=O. The molecule has 0 aromatic heterocycles. The van der Waals surface area contributed by atoms with Gasteiger partial charge in [-0.1, -0.05) is 26.0 Å². The predicted molar refractivity (Wildman–Crippen MR) is 80.9 cm³/mol. The highest BCUT2D eigenvalue weighted by Crippen LogP contribution is 2.16. The summed E-state index contributed by atoms with van der Waals surface area (Å²) in [5.74, 6) is -1.64. The molecule has 20 heavy (non-hydrogen) atoms. The van der Waals surface area contributed by atoms with Gasteiger partial charge in [-0.05, 0) is 40.6 Å². The monoisotopic (exact) mass is 390 g/mol. The van der Waals surface area contributed by atoms with Crippen molar-refractivity contribution in [3.63, 3.8) is 0 Å². The molecule has 1 unspecified atom stereocenters. The maximum absolute atomic E-state index is 12.0. The minimum Gasteiger partial charge on any atom is -0.448 e. The Bertz CT molecular complexity index is 531. The zero-order chi connectivity index (χ0) is 15.3. The second-order valence-corrected chi connectivity index (χ2v) is 5.57. The van der Waals surface area contributed by atoms with E-state index in [0.717, 1.165) is 0 Å². The highest BCUT2D eigenvalue weighted by atomic mass is 127. The molecule has 0 fully saturated rings. The van der Waals surface area contributed by atoms with Crippen LogP contribution >= 0.6 is 22.6 Å².